The van der Waals surface area contributed by atoms with Crippen LogP contribution in [0.2, 0.25) is 0 Å². The molecule has 7 heteroatoms. The maximum atomic E-state index is 11.4. The fourth-order valence-corrected chi connectivity index (χ4v) is 1.76. The van der Waals surface area contributed by atoms with E-state index in [9.17, 15) is 9.59 Å². The number of ether oxygens (including phenoxy) is 1. The van der Waals surface area contributed by atoms with Gasteiger partial charge in [-0.15, -0.1) is 0 Å². The number of carbonyl (C=O) groups excluding carboxylic acids is 1. The van der Waals surface area contributed by atoms with Crippen LogP contribution in [-0.2, 0) is 9.53 Å². The van der Waals surface area contributed by atoms with Gasteiger partial charge in [0.2, 0.25) is 0 Å². The SMILES string of the molecule is CCN(c1cncc(C(=O)OC)n1)C(C)CC(=O)O. The Labute approximate surface area is 111 Å². The third kappa shape index (κ3) is 3.90. The van der Waals surface area contributed by atoms with E-state index in [4.69, 9.17) is 5.11 Å². The monoisotopic (exact) mass is 267 g/mol. The molecule has 0 saturated heterocycles. The van der Waals surface area contributed by atoms with E-state index < -0.39 is 11.9 Å². The average molecular weight is 267 g/mol. The number of carboxylic acid groups (broad SMARTS) is 1. The molecule has 0 radical (unpaired) electrons. The molecule has 0 aliphatic heterocycles. The molecule has 19 heavy (non-hydrogen) atoms. The molecule has 0 amide bonds. The van der Waals surface area contributed by atoms with Gasteiger partial charge in [-0.25, -0.2) is 9.78 Å². The normalized spacial score (nSPS) is 11.7. The van der Waals surface area contributed by atoms with Crippen LogP contribution < -0.4 is 4.90 Å². The van der Waals surface area contributed by atoms with Gasteiger partial charge >= 0.3 is 11.9 Å². The number of rotatable bonds is 6. The van der Waals surface area contributed by atoms with Crippen LogP contribution in [0.1, 0.15) is 30.8 Å². The summed E-state index contributed by atoms with van der Waals surface area (Å²) in [6.45, 7) is 4.22. The summed E-state index contributed by atoms with van der Waals surface area (Å²) in [4.78, 5) is 32.0. The molecule has 1 unspecified atom stereocenters. The lowest BCUT2D eigenvalue weighted by Gasteiger charge is -2.27. The Bertz CT molecular complexity index is 464. The second kappa shape index (κ2) is 6.67. The standard InChI is InChI=1S/C12H17N3O4/c1-4-15(8(2)5-11(16)17)10-7-13-6-9(14-10)12(18)19-3/h6-8H,4-5H2,1-3H3,(H,16,17). The minimum Gasteiger partial charge on any atom is -0.481 e. The zero-order chi connectivity index (χ0) is 14.4. The number of carbonyl (C=O) groups is 2. The molecule has 0 aromatic carbocycles. The number of esters is 1. The molecule has 0 fully saturated rings. The van der Waals surface area contributed by atoms with Gasteiger partial charge in [-0.1, -0.05) is 0 Å². The molecule has 0 bridgehead atoms. The molecule has 1 rings (SSSR count). The van der Waals surface area contributed by atoms with Crippen LogP contribution >= 0.6 is 0 Å². The van der Waals surface area contributed by atoms with Crippen LogP contribution in [0.15, 0.2) is 12.4 Å². The number of nitrogens with zero attached hydrogens (tertiary/aromatic N) is 3. The van der Waals surface area contributed by atoms with Crippen molar-refractivity contribution in [2.24, 2.45) is 0 Å². The van der Waals surface area contributed by atoms with Crippen molar-refractivity contribution in [2.45, 2.75) is 26.3 Å². The van der Waals surface area contributed by atoms with E-state index in [0.29, 0.717) is 12.4 Å². The lowest BCUT2D eigenvalue weighted by Crippen LogP contribution is -2.35. The largest absolute Gasteiger partial charge is 0.481 e. The van der Waals surface area contributed by atoms with Gasteiger partial charge in [0.15, 0.2) is 5.69 Å². The van der Waals surface area contributed by atoms with Crippen LogP contribution in [0.4, 0.5) is 5.82 Å². The molecule has 0 aliphatic rings. The first-order chi connectivity index (χ1) is 8.99. The maximum Gasteiger partial charge on any atom is 0.358 e. The number of aliphatic carboxylic acids is 1. The molecule has 1 atom stereocenters. The molecule has 104 valence electrons. The summed E-state index contributed by atoms with van der Waals surface area (Å²) in [6, 6.07) is -0.246. The van der Waals surface area contributed by atoms with Crippen molar-refractivity contribution in [3.63, 3.8) is 0 Å². The second-order valence-electron chi connectivity index (χ2n) is 3.99. The third-order valence-electron chi connectivity index (χ3n) is 2.65. The number of aromatic nitrogens is 2. The highest BCUT2D eigenvalue weighted by molar-refractivity contribution is 5.87. The van der Waals surface area contributed by atoms with Crippen molar-refractivity contribution in [3.05, 3.63) is 18.1 Å². The van der Waals surface area contributed by atoms with Crippen molar-refractivity contribution < 1.29 is 19.4 Å². The van der Waals surface area contributed by atoms with E-state index in [1.807, 2.05) is 6.92 Å². The van der Waals surface area contributed by atoms with E-state index in [2.05, 4.69) is 14.7 Å². The Balaban J connectivity index is 2.98. The highest BCUT2D eigenvalue weighted by Gasteiger charge is 2.19. The van der Waals surface area contributed by atoms with E-state index in [1.54, 1.807) is 11.8 Å². The van der Waals surface area contributed by atoms with Gasteiger partial charge in [-0.3, -0.25) is 9.78 Å². The maximum absolute atomic E-state index is 11.4. The van der Waals surface area contributed by atoms with Gasteiger partial charge in [0.1, 0.15) is 5.82 Å². The smallest absolute Gasteiger partial charge is 0.358 e. The topological polar surface area (TPSA) is 92.6 Å². The second-order valence-corrected chi connectivity index (χ2v) is 3.99. The summed E-state index contributed by atoms with van der Waals surface area (Å²) in [7, 11) is 1.27. The first kappa shape index (κ1) is 14.9. The number of anilines is 1. The predicted molar refractivity (Wildman–Crippen MR) is 68.1 cm³/mol. The molecule has 1 heterocycles. The van der Waals surface area contributed by atoms with Gasteiger partial charge in [0.05, 0.1) is 25.9 Å². The van der Waals surface area contributed by atoms with Gasteiger partial charge in [0.25, 0.3) is 0 Å². The highest BCUT2D eigenvalue weighted by Crippen LogP contribution is 2.15. The molecule has 0 aliphatic carbocycles. The lowest BCUT2D eigenvalue weighted by molar-refractivity contribution is -0.137. The van der Waals surface area contributed by atoms with Crippen LogP contribution in [0.5, 0.6) is 0 Å². The Morgan fingerprint density at radius 2 is 2.16 bits per heavy atom. The molecule has 1 aromatic heterocycles. The first-order valence-electron chi connectivity index (χ1n) is 5.88. The summed E-state index contributed by atoms with van der Waals surface area (Å²) in [6.07, 6.45) is 2.79. The van der Waals surface area contributed by atoms with E-state index in [1.165, 1.54) is 19.5 Å². The van der Waals surface area contributed by atoms with Crippen LogP contribution in [0.25, 0.3) is 0 Å². The molecule has 1 aromatic rings. The number of hydrogen-bond donors (Lipinski definition) is 1. The van der Waals surface area contributed by atoms with Gasteiger partial charge in [0, 0.05) is 12.6 Å². The summed E-state index contributed by atoms with van der Waals surface area (Å²) in [5.74, 6) is -1.00. The average Bonchev–Trinajstić information content (AvgIpc) is 2.38. The van der Waals surface area contributed by atoms with Gasteiger partial charge in [-0.05, 0) is 13.8 Å². The van der Waals surface area contributed by atoms with Gasteiger partial charge < -0.3 is 14.7 Å². The fraction of sp³-hybridized carbons (Fsp3) is 0.500. The molecular weight excluding hydrogens is 250 g/mol. The van der Waals surface area contributed by atoms with E-state index in [0.717, 1.165) is 0 Å². The zero-order valence-corrected chi connectivity index (χ0v) is 11.2. The summed E-state index contributed by atoms with van der Waals surface area (Å²) in [5.41, 5.74) is 0.0981. The zero-order valence-electron chi connectivity index (χ0n) is 11.2. The van der Waals surface area contributed by atoms with Crippen LogP contribution in [0.3, 0.4) is 0 Å². The fourth-order valence-electron chi connectivity index (χ4n) is 1.76. The quantitative estimate of drug-likeness (QED) is 0.767. The number of carboxylic acids is 1. The molecule has 0 spiro atoms. The molecule has 0 saturated carbocycles. The summed E-state index contributed by atoms with van der Waals surface area (Å²) in [5, 5.41) is 8.82. The van der Waals surface area contributed by atoms with Crippen molar-refractivity contribution in [2.75, 3.05) is 18.6 Å². The number of hydrogen-bond acceptors (Lipinski definition) is 6. The minimum atomic E-state index is -0.886. The molecule has 7 nitrogen and oxygen atoms in total. The Morgan fingerprint density at radius 3 is 2.68 bits per heavy atom. The van der Waals surface area contributed by atoms with Crippen molar-refractivity contribution in [1.82, 2.24) is 9.97 Å². The Kier molecular flexibility index (Phi) is 5.23. The van der Waals surface area contributed by atoms with Crippen molar-refractivity contribution >= 4 is 17.8 Å². The minimum absolute atomic E-state index is 0.0159. The van der Waals surface area contributed by atoms with E-state index in [-0.39, 0.29) is 18.2 Å². The van der Waals surface area contributed by atoms with Crippen molar-refractivity contribution in [3.8, 4) is 0 Å². The molecule has 1 N–H and O–H groups in total. The predicted octanol–water partition coefficient (Wildman–Crippen LogP) is 0.953. The Morgan fingerprint density at radius 1 is 1.47 bits per heavy atom. The third-order valence-corrected chi connectivity index (χ3v) is 2.65. The summed E-state index contributed by atoms with van der Waals surface area (Å²) < 4.78 is 4.58. The summed E-state index contributed by atoms with van der Waals surface area (Å²) >= 11 is 0. The van der Waals surface area contributed by atoms with Crippen LogP contribution in [0, 0.1) is 0 Å². The van der Waals surface area contributed by atoms with Crippen molar-refractivity contribution in [1.29, 1.82) is 0 Å². The lowest BCUT2D eigenvalue weighted by atomic mass is 10.2. The van der Waals surface area contributed by atoms with E-state index >= 15 is 0 Å². The van der Waals surface area contributed by atoms with Crippen LogP contribution in [-0.4, -0.2) is 46.7 Å². The molecular formula is C12H17N3O4. The Hall–Kier alpha value is -2.18. The van der Waals surface area contributed by atoms with Gasteiger partial charge in [-0.2, -0.15) is 0 Å². The number of methoxy groups -OCH3 is 1. The first-order valence-corrected chi connectivity index (χ1v) is 5.88. The highest BCUT2D eigenvalue weighted by atomic mass is 16.5.